The van der Waals surface area contributed by atoms with Crippen molar-refractivity contribution in [3.63, 3.8) is 0 Å². The highest BCUT2D eigenvalue weighted by Gasteiger charge is 2.06. The van der Waals surface area contributed by atoms with E-state index in [2.05, 4.69) is 10.3 Å². The van der Waals surface area contributed by atoms with Crippen LogP contribution in [0.15, 0.2) is 24.4 Å². The van der Waals surface area contributed by atoms with Gasteiger partial charge in [-0.25, -0.2) is 4.98 Å². The molecule has 1 heterocycles. The van der Waals surface area contributed by atoms with E-state index in [1.807, 2.05) is 39.0 Å². The van der Waals surface area contributed by atoms with Crippen molar-refractivity contribution < 1.29 is 9.53 Å². The number of thiazole rings is 1. The Morgan fingerprint density at radius 2 is 2.15 bits per heavy atom. The first-order chi connectivity index (χ1) is 9.54. The summed E-state index contributed by atoms with van der Waals surface area (Å²) in [5.41, 5.74) is 2.15. The fourth-order valence-electron chi connectivity index (χ4n) is 1.73. The monoisotopic (exact) mass is 290 g/mol. The number of aryl methyl sites for hydroxylation is 3. The number of hydrogen-bond donors (Lipinski definition) is 1. The highest BCUT2D eigenvalue weighted by atomic mass is 32.1. The quantitative estimate of drug-likeness (QED) is 0.921. The number of ether oxygens (including phenoxy) is 1. The Morgan fingerprint density at radius 3 is 2.85 bits per heavy atom. The summed E-state index contributed by atoms with van der Waals surface area (Å²) in [6.45, 7) is 6.44. The van der Waals surface area contributed by atoms with Gasteiger partial charge in [-0.1, -0.05) is 12.1 Å². The van der Waals surface area contributed by atoms with Crippen LogP contribution in [0.2, 0.25) is 0 Å². The Balaban J connectivity index is 1.81. The number of carbonyl (C=O) groups is 1. The van der Waals surface area contributed by atoms with E-state index in [0.717, 1.165) is 26.8 Å². The number of rotatable bonds is 5. The lowest BCUT2D eigenvalue weighted by molar-refractivity contribution is -0.123. The Morgan fingerprint density at radius 1 is 1.35 bits per heavy atom. The first kappa shape index (κ1) is 14.5. The lowest BCUT2D eigenvalue weighted by atomic mass is 10.1. The summed E-state index contributed by atoms with van der Waals surface area (Å²) in [5.74, 6) is 0.630. The number of nitrogens with zero attached hydrogens (tertiary/aromatic N) is 1. The molecule has 106 valence electrons. The summed E-state index contributed by atoms with van der Waals surface area (Å²) in [5, 5.41) is 3.82. The summed E-state index contributed by atoms with van der Waals surface area (Å²) < 4.78 is 5.55. The predicted molar refractivity (Wildman–Crippen MR) is 80.1 cm³/mol. The molecule has 1 amide bonds. The van der Waals surface area contributed by atoms with Gasteiger partial charge in [0.1, 0.15) is 5.75 Å². The predicted octanol–water partition coefficient (Wildman–Crippen LogP) is 2.76. The van der Waals surface area contributed by atoms with Crippen molar-refractivity contribution >= 4 is 17.2 Å². The Kier molecular flexibility index (Phi) is 4.74. The maximum Gasteiger partial charge on any atom is 0.258 e. The summed E-state index contributed by atoms with van der Waals surface area (Å²) in [6, 6.07) is 5.95. The summed E-state index contributed by atoms with van der Waals surface area (Å²) in [6.07, 6.45) is 1.78. The van der Waals surface area contributed by atoms with E-state index in [9.17, 15) is 4.79 Å². The maximum atomic E-state index is 11.7. The molecule has 0 bridgehead atoms. The fraction of sp³-hybridized carbons (Fsp3) is 0.333. The van der Waals surface area contributed by atoms with Crippen LogP contribution in [0.25, 0.3) is 0 Å². The Labute approximate surface area is 122 Å². The molecule has 1 aromatic heterocycles. The number of amides is 1. The Bertz CT molecular complexity index is 608. The SMILES string of the molecule is Cc1ccc(C)c(OCC(=O)NCc2cnc(C)s2)c1. The van der Waals surface area contributed by atoms with Crippen molar-refractivity contribution in [2.75, 3.05) is 6.61 Å². The molecule has 1 aromatic carbocycles. The average molecular weight is 290 g/mol. The lowest BCUT2D eigenvalue weighted by Gasteiger charge is -2.09. The van der Waals surface area contributed by atoms with Crippen molar-refractivity contribution in [3.8, 4) is 5.75 Å². The molecular weight excluding hydrogens is 272 g/mol. The van der Waals surface area contributed by atoms with Gasteiger partial charge in [0.2, 0.25) is 0 Å². The normalized spacial score (nSPS) is 10.3. The molecule has 4 nitrogen and oxygen atoms in total. The van der Waals surface area contributed by atoms with Crippen LogP contribution in [0.1, 0.15) is 21.0 Å². The van der Waals surface area contributed by atoms with E-state index in [4.69, 9.17) is 4.74 Å². The summed E-state index contributed by atoms with van der Waals surface area (Å²) in [4.78, 5) is 16.9. The molecule has 2 aromatic rings. The number of nitrogens with one attached hydrogen (secondary N) is 1. The highest BCUT2D eigenvalue weighted by Crippen LogP contribution is 2.18. The van der Waals surface area contributed by atoms with E-state index in [1.165, 1.54) is 0 Å². The molecule has 20 heavy (non-hydrogen) atoms. The minimum absolute atomic E-state index is 0.0298. The minimum Gasteiger partial charge on any atom is -0.483 e. The van der Waals surface area contributed by atoms with Crippen LogP contribution in [-0.4, -0.2) is 17.5 Å². The number of hydrogen-bond acceptors (Lipinski definition) is 4. The second kappa shape index (κ2) is 6.52. The lowest BCUT2D eigenvalue weighted by Crippen LogP contribution is -2.28. The van der Waals surface area contributed by atoms with Gasteiger partial charge in [-0.3, -0.25) is 4.79 Å². The van der Waals surface area contributed by atoms with Crippen LogP contribution in [0.3, 0.4) is 0 Å². The third-order valence-corrected chi connectivity index (χ3v) is 3.74. The van der Waals surface area contributed by atoms with Gasteiger partial charge in [0, 0.05) is 11.1 Å². The topological polar surface area (TPSA) is 51.2 Å². The van der Waals surface area contributed by atoms with Gasteiger partial charge in [-0.05, 0) is 38.0 Å². The second-order valence-corrected chi connectivity index (χ2v) is 6.00. The molecule has 2 rings (SSSR count). The smallest absolute Gasteiger partial charge is 0.258 e. The third kappa shape index (κ3) is 4.06. The molecule has 0 radical (unpaired) electrons. The zero-order chi connectivity index (χ0) is 14.5. The van der Waals surface area contributed by atoms with Crippen LogP contribution in [0.4, 0.5) is 0 Å². The molecule has 0 saturated carbocycles. The van der Waals surface area contributed by atoms with E-state index in [1.54, 1.807) is 17.5 Å². The second-order valence-electron chi connectivity index (χ2n) is 4.68. The molecule has 0 aliphatic heterocycles. The average Bonchev–Trinajstić information content (AvgIpc) is 2.83. The largest absolute Gasteiger partial charge is 0.483 e. The van der Waals surface area contributed by atoms with Crippen molar-refractivity contribution in [1.82, 2.24) is 10.3 Å². The zero-order valence-corrected chi connectivity index (χ0v) is 12.7. The van der Waals surface area contributed by atoms with Crippen LogP contribution in [-0.2, 0) is 11.3 Å². The molecule has 0 spiro atoms. The molecule has 0 aliphatic carbocycles. The number of aromatic nitrogens is 1. The molecule has 1 N–H and O–H groups in total. The van der Waals surface area contributed by atoms with Crippen molar-refractivity contribution in [3.05, 3.63) is 45.4 Å². The van der Waals surface area contributed by atoms with Crippen molar-refractivity contribution in [2.24, 2.45) is 0 Å². The molecule has 5 heteroatoms. The van der Waals surface area contributed by atoms with Gasteiger partial charge in [0.05, 0.1) is 11.6 Å². The van der Waals surface area contributed by atoms with Crippen LogP contribution in [0, 0.1) is 20.8 Å². The molecule has 0 aliphatic rings. The highest BCUT2D eigenvalue weighted by molar-refractivity contribution is 7.11. The van der Waals surface area contributed by atoms with Gasteiger partial charge in [-0.15, -0.1) is 11.3 Å². The van der Waals surface area contributed by atoms with Crippen LogP contribution >= 0.6 is 11.3 Å². The van der Waals surface area contributed by atoms with Crippen LogP contribution < -0.4 is 10.1 Å². The third-order valence-electron chi connectivity index (χ3n) is 2.83. The fourth-order valence-corrected chi connectivity index (χ4v) is 2.46. The van der Waals surface area contributed by atoms with Gasteiger partial charge >= 0.3 is 0 Å². The molecule has 0 atom stereocenters. The van der Waals surface area contributed by atoms with Crippen molar-refractivity contribution in [1.29, 1.82) is 0 Å². The van der Waals surface area contributed by atoms with Gasteiger partial charge < -0.3 is 10.1 Å². The maximum absolute atomic E-state index is 11.7. The number of benzene rings is 1. The van der Waals surface area contributed by atoms with Crippen molar-refractivity contribution in [2.45, 2.75) is 27.3 Å². The molecule has 0 fully saturated rings. The minimum atomic E-state index is -0.128. The summed E-state index contributed by atoms with van der Waals surface area (Å²) in [7, 11) is 0. The van der Waals surface area contributed by atoms with E-state index in [0.29, 0.717) is 6.54 Å². The zero-order valence-electron chi connectivity index (χ0n) is 11.9. The van der Waals surface area contributed by atoms with Crippen LogP contribution in [0.5, 0.6) is 5.75 Å². The van der Waals surface area contributed by atoms with Gasteiger partial charge in [0.25, 0.3) is 5.91 Å². The van der Waals surface area contributed by atoms with E-state index in [-0.39, 0.29) is 12.5 Å². The molecule has 0 unspecified atom stereocenters. The standard InChI is InChI=1S/C15H18N2O2S/c1-10-4-5-11(2)14(6-10)19-9-15(18)17-8-13-7-16-12(3)20-13/h4-7H,8-9H2,1-3H3,(H,17,18). The van der Waals surface area contributed by atoms with Gasteiger partial charge in [0.15, 0.2) is 6.61 Å². The Hall–Kier alpha value is -1.88. The molecule has 0 saturated heterocycles. The van der Waals surface area contributed by atoms with E-state index < -0.39 is 0 Å². The molecular formula is C15H18N2O2S. The van der Waals surface area contributed by atoms with Gasteiger partial charge in [-0.2, -0.15) is 0 Å². The number of carbonyl (C=O) groups excluding carboxylic acids is 1. The first-order valence-corrected chi connectivity index (χ1v) is 7.24. The first-order valence-electron chi connectivity index (χ1n) is 6.42. The summed E-state index contributed by atoms with van der Waals surface area (Å²) >= 11 is 1.58. The van der Waals surface area contributed by atoms with E-state index >= 15 is 0 Å².